The van der Waals surface area contributed by atoms with Crippen LogP contribution in [0.5, 0.6) is 11.5 Å². The summed E-state index contributed by atoms with van der Waals surface area (Å²) >= 11 is 1.57. The van der Waals surface area contributed by atoms with Crippen molar-refractivity contribution in [1.82, 2.24) is 10.3 Å². The molecule has 0 spiro atoms. The minimum absolute atomic E-state index is 0.461. The van der Waals surface area contributed by atoms with E-state index in [0.717, 1.165) is 35.8 Å². The van der Waals surface area contributed by atoms with Crippen molar-refractivity contribution in [3.63, 3.8) is 0 Å². The Kier molecular flexibility index (Phi) is 5.18. The van der Waals surface area contributed by atoms with Gasteiger partial charge in [0.05, 0.1) is 18.3 Å². The van der Waals surface area contributed by atoms with Crippen molar-refractivity contribution in [3.05, 3.63) is 40.3 Å². The average Bonchev–Trinajstić information content (AvgIpc) is 2.96. The molecule has 1 N–H and O–H groups in total. The highest BCUT2D eigenvalue weighted by atomic mass is 32.1. The number of hydrogen-bond acceptors (Lipinski definition) is 5. The third kappa shape index (κ3) is 3.68. The molecule has 0 bridgehead atoms. The van der Waals surface area contributed by atoms with Crippen LogP contribution in [0, 0.1) is 0 Å². The van der Waals surface area contributed by atoms with Crippen LogP contribution in [-0.2, 0) is 13.2 Å². The predicted molar refractivity (Wildman–Crippen MR) is 76.8 cm³/mol. The van der Waals surface area contributed by atoms with E-state index >= 15 is 0 Å². The first kappa shape index (κ1) is 13.8. The van der Waals surface area contributed by atoms with E-state index in [4.69, 9.17) is 9.47 Å². The minimum atomic E-state index is 0.461. The van der Waals surface area contributed by atoms with Crippen molar-refractivity contribution in [1.29, 1.82) is 0 Å². The fraction of sp³-hybridized carbons (Fsp3) is 0.357. The van der Waals surface area contributed by atoms with E-state index in [1.807, 2.05) is 23.6 Å². The summed E-state index contributed by atoms with van der Waals surface area (Å²) in [4.78, 5) is 4.22. The summed E-state index contributed by atoms with van der Waals surface area (Å²) < 4.78 is 11.2. The summed E-state index contributed by atoms with van der Waals surface area (Å²) in [5.41, 5.74) is 3.84. The number of ether oxygens (including phenoxy) is 2. The predicted octanol–water partition coefficient (Wildman–Crippen LogP) is 2.84. The Labute approximate surface area is 117 Å². The molecule has 0 aliphatic carbocycles. The van der Waals surface area contributed by atoms with Gasteiger partial charge in [0.15, 0.2) is 11.5 Å². The second kappa shape index (κ2) is 7.11. The molecule has 0 radical (unpaired) electrons. The quantitative estimate of drug-likeness (QED) is 0.846. The summed E-state index contributed by atoms with van der Waals surface area (Å²) in [7, 11) is 1.65. The van der Waals surface area contributed by atoms with Gasteiger partial charge in [0.1, 0.15) is 6.61 Å². The summed E-state index contributed by atoms with van der Waals surface area (Å²) in [5, 5.41) is 5.29. The van der Waals surface area contributed by atoms with E-state index in [0.29, 0.717) is 6.61 Å². The van der Waals surface area contributed by atoms with Crippen LogP contribution >= 0.6 is 11.3 Å². The van der Waals surface area contributed by atoms with Gasteiger partial charge < -0.3 is 14.8 Å². The molecule has 0 atom stereocenters. The first-order chi connectivity index (χ1) is 9.35. The lowest BCUT2D eigenvalue weighted by Crippen LogP contribution is -2.13. The second-order valence-corrected chi connectivity index (χ2v) is 4.72. The number of rotatable bonds is 7. The molecule has 1 aromatic carbocycles. The van der Waals surface area contributed by atoms with Crippen LogP contribution in [0.25, 0.3) is 0 Å². The lowest BCUT2D eigenvalue weighted by Gasteiger charge is -2.14. The Hall–Kier alpha value is -1.59. The Morgan fingerprint density at radius 3 is 2.95 bits per heavy atom. The van der Waals surface area contributed by atoms with Crippen LogP contribution < -0.4 is 14.8 Å². The van der Waals surface area contributed by atoms with Crippen molar-refractivity contribution < 1.29 is 9.47 Å². The van der Waals surface area contributed by atoms with E-state index in [2.05, 4.69) is 17.2 Å². The van der Waals surface area contributed by atoms with Gasteiger partial charge in [-0.05, 0) is 12.6 Å². The van der Waals surface area contributed by atoms with Crippen LogP contribution in [0.2, 0.25) is 0 Å². The fourth-order valence-corrected chi connectivity index (χ4v) is 2.28. The van der Waals surface area contributed by atoms with Crippen LogP contribution in [0.1, 0.15) is 18.2 Å². The zero-order valence-corrected chi connectivity index (χ0v) is 12.0. The zero-order chi connectivity index (χ0) is 13.5. The minimum Gasteiger partial charge on any atom is -0.493 e. The van der Waals surface area contributed by atoms with Crippen LogP contribution in [-0.4, -0.2) is 18.6 Å². The molecule has 5 heteroatoms. The van der Waals surface area contributed by atoms with Gasteiger partial charge in [-0.2, -0.15) is 0 Å². The topological polar surface area (TPSA) is 43.4 Å². The molecule has 0 unspecified atom stereocenters. The average molecular weight is 278 g/mol. The number of para-hydroxylation sites is 1. The molecule has 4 nitrogen and oxygen atoms in total. The summed E-state index contributed by atoms with van der Waals surface area (Å²) in [6.45, 7) is 4.22. The van der Waals surface area contributed by atoms with E-state index in [-0.39, 0.29) is 0 Å². The summed E-state index contributed by atoms with van der Waals surface area (Å²) in [6, 6.07) is 5.93. The SMILES string of the molecule is CCNCc1cccc(OC)c1OCc1cscn1. The maximum atomic E-state index is 5.88. The van der Waals surface area contributed by atoms with Gasteiger partial charge >= 0.3 is 0 Å². The molecule has 2 aromatic rings. The maximum absolute atomic E-state index is 5.88. The smallest absolute Gasteiger partial charge is 0.166 e. The Bertz CT molecular complexity index is 500. The second-order valence-electron chi connectivity index (χ2n) is 4.00. The van der Waals surface area contributed by atoms with Crippen molar-refractivity contribution in [2.24, 2.45) is 0 Å². The molecular weight excluding hydrogens is 260 g/mol. The monoisotopic (exact) mass is 278 g/mol. The van der Waals surface area contributed by atoms with Crippen LogP contribution in [0.3, 0.4) is 0 Å². The van der Waals surface area contributed by atoms with Crippen molar-refractivity contribution in [3.8, 4) is 11.5 Å². The summed E-state index contributed by atoms with van der Waals surface area (Å²) in [6.07, 6.45) is 0. The van der Waals surface area contributed by atoms with Crippen LogP contribution in [0.4, 0.5) is 0 Å². The molecule has 0 saturated heterocycles. The lowest BCUT2D eigenvalue weighted by atomic mass is 10.2. The number of thiazole rings is 1. The first-order valence-electron chi connectivity index (χ1n) is 6.21. The van der Waals surface area contributed by atoms with Crippen molar-refractivity contribution >= 4 is 11.3 Å². The highest BCUT2D eigenvalue weighted by Gasteiger charge is 2.10. The van der Waals surface area contributed by atoms with Gasteiger partial charge in [0.25, 0.3) is 0 Å². The molecule has 2 rings (SSSR count). The molecule has 1 aromatic heterocycles. The fourth-order valence-electron chi connectivity index (χ4n) is 1.74. The Morgan fingerprint density at radius 2 is 2.26 bits per heavy atom. The van der Waals surface area contributed by atoms with Crippen molar-refractivity contribution in [2.45, 2.75) is 20.1 Å². The zero-order valence-electron chi connectivity index (χ0n) is 11.2. The number of benzene rings is 1. The maximum Gasteiger partial charge on any atom is 0.166 e. The highest BCUT2D eigenvalue weighted by molar-refractivity contribution is 7.07. The molecule has 19 heavy (non-hydrogen) atoms. The van der Waals surface area contributed by atoms with E-state index in [9.17, 15) is 0 Å². The number of nitrogens with zero attached hydrogens (tertiary/aromatic N) is 1. The first-order valence-corrected chi connectivity index (χ1v) is 7.16. The number of methoxy groups -OCH3 is 1. The third-order valence-electron chi connectivity index (χ3n) is 2.69. The molecule has 0 fully saturated rings. The molecule has 0 amide bonds. The molecule has 0 saturated carbocycles. The number of aromatic nitrogens is 1. The normalized spacial score (nSPS) is 10.4. The van der Waals surface area contributed by atoms with Gasteiger partial charge in [-0.25, -0.2) is 4.98 Å². The van der Waals surface area contributed by atoms with Gasteiger partial charge in [0, 0.05) is 17.5 Å². The molecular formula is C14H18N2O2S. The molecule has 0 aliphatic heterocycles. The third-order valence-corrected chi connectivity index (χ3v) is 3.33. The van der Waals surface area contributed by atoms with E-state index < -0.39 is 0 Å². The largest absolute Gasteiger partial charge is 0.493 e. The van der Waals surface area contributed by atoms with Gasteiger partial charge in [-0.15, -0.1) is 11.3 Å². The van der Waals surface area contributed by atoms with Gasteiger partial charge in [-0.3, -0.25) is 0 Å². The molecule has 102 valence electrons. The van der Waals surface area contributed by atoms with Crippen molar-refractivity contribution in [2.75, 3.05) is 13.7 Å². The molecule has 0 aliphatic rings. The van der Waals surface area contributed by atoms with E-state index in [1.54, 1.807) is 24.0 Å². The Balaban J connectivity index is 2.14. The molecule has 1 heterocycles. The highest BCUT2D eigenvalue weighted by Crippen LogP contribution is 2.31. The standard InChI is InChI=1S/C14H18N2O2S/c1-3-15-7-11-5-4-6-13(17-2)14(11)18-8-12-9-19-10-16-12/h4-6,9-10,15H,3,7-8H2,1-2H3. The Morgan fingerprint density at radius 1 is 1.37 bits per heavy atom. The number of hydrogen-bond donors (Lipinski definition) is 1. The van der Waals surface area contributed by atoms with E-state index in [1.165, 1.54) is 0 Å². The number of nitrogens with one attached hydrogen (secondary N) is 1. The van der Waals surface area contributed by atoms with Gasteiger partial charge in [-0.1, -0.05) is 19.1 Å². The van der Waals surface area contributed by atoms with Gasteiger partial charge in [0.2, 0.25) is 0 Å². The van der Waals surface area contributed by atoms with Crippen LogP contribution in [0.15, 0.2) is 29.1 Å². The lowest BCUT2D eigenvalue weighted by molar-refractivity contribution is 0.277. The summed E-state index contributed by atoms with van der Waals surface area (Å²) in [5.74, 6) is 1.55.